The Balaban J connectivity index is 1.85. The van der Waals surface area contributed by atoms with Gasteiger partial charge >= 0.3 is 0 Å². The topological polar surface area (TPSA) is 88.8 Å². The van der Waals surface area contributed by atoms with Crippen LogP contribution in [0.1, 0.15) is 10.7 Å². The van der Waals surface area contributed by atoms with Crippen molar-refractivity contribution in [3.05, 3.63) is 28.3 Å². The van der Waals surface area contributed by atoms with Gasteiger partial charge in [0, 0.05) is 30.2 Å². The van der Waals surface area contributed by atoms with E-state index in [-0.39, 0.29) is 0 Å². The Labute approximate surface area is 103 Å². The summed E-state index contributed by atoms with van der Waals surface area (Å²) in [6, 6.07) is 1.80. The summed E-state index contributed by atoms with van der Waals surface area (Å²) >= 11 is 1.68. The van der Waals surface area contributed by atoms with Crippen molar-refractivity contribution in [2.75, 3.05) is 17.3 Å². The molecule has 0 aliphatic carbocycles. The van der Waals surface area contributed by atoms with Gasteiger partial charge in [0.2, 0.25) is 5.95 Å². The van der Waals surface area contributed by atoms with E-state index in [4.69, 9.17) is 5.84 Å². The number of nitrogen functional groups attached to an aromatic ring is 1. The maximum atomic E-state index is 5.23. The van der Waals surface area contributed by atoms with Crippen LogP contribution >= 0.6 is 11.3 Å². The van der Waals surface area contributed by atoms with Crippen molar-refractivity contribution >= 4 is 23.1 Å². The number of anilines is 2. The van der Waals surface area contributed by atoms with Gasteiger partial charge in [-0.2, -0.15) is 4.98 Å². The van der Waals surface area contributed by atoms with Gasteiger partial charge in [0.05, 0.1) is 5.01 Å². The molecule has 0 fully saturated rings. The molecule has 0 unspecified atom stereocenters. The first-order valence-electron chi connectivity index (χ1n) is 5.22. The van der Waals surface area contributed by atoms with Gasteiger partial charge in [0.1, 0.15) is 5.82 Å². The highest BCUT2D eigenvalue weighted by Gasteiger charge is 2.00. The minimum absolute atomic E-state index is 0.403. The van der Waals surface area contributed by atoms with Crippen molar-refractivity contribution in [2.24, 2.45) is 5.84 Å². The zero-order valence-electron chi connectivity index (χ0n) is 9.47. The fourth-order valence-electron chi connectivity index (χ4n) is 1.34. The molecule has 4 N–H and O–H groups in total. The van der Waals surface area contributed by atoms with E-state index < -0.39 is 0 Å². The Hall–Kier alpha value is -1.73. The summed E-state index contributed by atoms with van der Waals surface area (Å²) in [5.74, 6) is 6.38. The van der Waals surface area contributed by atoms with Crippen LogP contribution in [-0.4, -0.2) is 21.5 Å². The summed E-state index contributed by atoms with van der Waals surface area (Å²) in [5.41, 5.74) is 3.48. The predicted octanol–water partition coefficient (Wildman–Crippen LogP) is 1.18. The zero-order valence-corrected chi connectivity index (χ0v) is 10.3. The third-order valence-corrected chi connectivity index (χ3v) is 3.12. The molecule has 0 aliphatic rings. The number of aromatic nitrogens is 3. The van der Waals surface area contributed by atoms with Gasteiger partial charge in [-0.25, -0.2) is 15.8 Å². The molecule has 2 heterocycles. The van der Waals surface area contributed by atoms with Crippen molar-refractivity contribution in [3.63, 3.8) is 0 Å². The Kier molecular flexibility index (Phi) is 3.84. The summed E-state index contributed by atoms with van der Waals surface area (Å²) in [5, 5.41) is 6.38. The van der Waals surface area contributed by atoms with E-state index in [0.29, 0.717) is 5.95 Å². The average Bonchev–Trinajstić information content (AvgIpc) is 2.75. The lowest BCUT2D eigenvalue weighted by Crippen LogP contribution is -2.12. The number of thiazole rings is 1. The minimum Gasteiger partial charge on any atom is -0.369 e. The van der Waals surface area contributed by atoms with Crippen LogP contribution in [0.2, 0.25) is 0 Å². The highest BCUT2D eigenvalue weighted by Crippen LogP contribution is 2.10. The molecular weight excluding hydrogens is 236 g/mol. The van der Waals surface area contributed by atoms with Crippen molar-refractivity contribution in [1.82, 2.24) is 15.0 Å². The molecule has 0 bridgehead atoms. The summed E-state index contributed by atoms with van der Waals surface area (Å²) in [6.45, 7) is 2.78. The van der Waals surface area contributed by atoms with Crippen molar-refractivity contribution in [1.29, 1.82) is 0 Å². The van der Waals surface area contributed by atoms with Crippen LogP contribution in [0.5, 0.6) is 0 Å². The molecule has 0 spiro atoms. The lowest BCUT2D eigenvalue weighted by Gasteiger charge is -2.05. The van der Waals surface area contributed by atoms with E-state index in [2.05, 4.69) is 31.1 Å². The molecule has 6 nitrogen and oxygen atoms in total. The minimum atomic E-state index is 0.403. The lowest BCUT2D eigenvalue weighted by molar-refractivity contribution is 0.972. The van der Waals surface area contributed by atoms with E-state index in [1.165, 1.54) is 0 Å². The molecule has 2 aromatic rings. The summed E-state index contributed by atoms with van der Waals surface area (Å²) in [4.78, 5) is 12.5. The monoisotopic (exact) mass is 250 g/mol. The SMILES string of the molecule is Cc1csc(CCNc2ccnc(NN)n2)n1. The Bertz CT molecular complexity index is 483. The molecule has 0 atom stereocenters. The van der Waals surface area contributed by atoms with E-state index >= 15 is 0 Å². The van der Waals surface area contributed by atoms with E-state index in [9.17, 15) is 0 Å². The molecule has 7 heteroatoms. The number of nitrogens with two attached hydrogens (primary N) is 1. The molecule has 0 amide bonds. The van der Waals surface area contributed by atoms with Crippen molar-refractivity contribution < 1.29 is 0 Å². The van der Waals surface area contributed by atoms with Gasteiger partial charge in [-0.1, -0.05) is 0 Å². The third kappa shape index (κ3) is 3.36. The van der Waals surface area contributed by atoms with Gasteiger partial charge in [-0.05, 0) is 13.0 Å². The van der Waals surface area contributed by atoms with Crippen LogP contribution in [0.25, 0.3) is 0 Å². The Morgan fingerprint density at radius 2 is 2.29 bits per heavy atom. The fraction of sp³-hybridized carbons (Fsp3) is 0.300. The first kappa shape index (κ1) is 11.7. The molecule has 90 valence electrons. The van der Waals surface area contributed by atoms with Gasteiger partial charge in [0.25, 0.3) is 0 Å². The summed E-state index contributed by atoms with van der Waals surface area (Å²) < 4.78 is 0. The number of nitrogens with one attached hydrogen (secondary N) is 2. The molecule has 0 aliphatic heterocycles. The molecule has 0 saturated carbocycles. The number of hydrogen-bond acceptors (Lipinski definition) is 7. The number of hydrazine groups is 1. The second-order valence-electron chi connectivity index (χ2n) is 3.47. The number of nitrogens with zero attached hydrogens (tertiary/aromatic N) is 3. The van der Waals surface area contributed by atoms with Gasteiger partial charge in [-0.15, -0.1) is 11.3 Å². The summed E-state index contributed by atoms with van der Waals surface area (Å²) in [7, 11) is 0. The lowest BCUT2D eigenvalue weighted by atomic mass is 10.4. The molecule has 0 aromatic carbocycles. The highest BCUT2D eigenvalue weighted by molar-refractivity contribution is 7.09. The normalized spacial score (nSPS) is 10.2. The Morgan fingerprint density at radius 3 is 3.00 bits per heavy atom. The largest absolute Gasteiger partial charge is 0.369 e. The van der Waals surface area contributed by atoms with Crippen LogP contribution < -0.4 is 16.6 Å². The third-order valence-electron chi connectivity index (χ3n) is 2.10. The molecular formula is C10H14N6S. The van der Waals surface area contributed by atoms with Crippen LogP contribution in [0, 0.1) is 6.92 Å². The van der Waals surface area contributed by atoms with Crippen molar-refractivity contribution in [2.45, 2.75) is 13.3 Å². The zero-order chi connectivity index (χ0) is 12.1. The van der Waals surface area contributed by atoms with E-state index in [0.717, 1.165) is 29.5 Å². The van der Waals surface area contributed by atoms with Crippen LogP contribution in [0.4, 0.5) is 11.8 Å². The van der Waals surface area contributed by atoms with Gasteiger partial charge in [0.15, 0.2) is 0 Å². The maximum Gasteiger partial charge on any atom is 0.239 e. The van der Waals surface area contributed by atoms with Crippen LogP contribution in [0.15, 0.2) is 17.6 Å². The van der Waals surface area contributed by atoms with E-state index in [1.807, 2.05) is 6.92 Å². The quantitative estimate of drug-likeness (QED) is 0.545. The maximum absolute atomic E-state index is 5.23. The summed E-state index contributed by atoms with van der Waals surface area (Å²) in [6.07, 6.45) is 2.53. The molecule has 2 aromatic heterocycles. The second-order valence-corrected chi connectivity index (χ2v) is 4.41. The molecule has 0 radical (unpaired) electrons. The van der Waals surface area contributed by atoms with Crippen LogP contribution in [0.3, 0.4) is 0 Å². The van der Waals surface area contributed by atoms with Crippen molar-refractivity contribution in [3.8, 4) is 0 Å². The second kappa shape index (κ2) is 5.55. The first-order valence-corrected chi connectivity index (χ1v) is 6.10. The molecule has 2 rings (SSSR count). The van der Waals surface area contributed by atoms with E-state index in [1.54, 1.807) is 23.6 Å². The van der Waals surface area contributed by atoms with Gasteiger partial charge in [-0.3, -0.25) is 5.43 Å². The highest BCUT2D eigenvalue weighted by atomic mass is 32.1. The fourth-order valence-corrected chi connectivity index (χ4v) is 2.12. The Morgan fingerprint density at radius 1 is 1.41 bits per heavy atom. The predicted molar refractivity (Wildman–Crippen MR) is 68.9 cm³/mol. The van der Waals surface area contributed by atoms with Crippen LogP contribution in [-0.2, 0) is 6.42 Å². The first-order chi connectivity index (χ1) is 8.28. The average molecular weight is 250 g/mol. The number of hydrogen-bond donors (Lipinski definition) is 3. The number of rotatable bonds is 5. The molecule has 0 saturated heterocycles. The smallest absolute Gasteiger partial charge is 0.239 e. The van der Waals surface area contributed by atoms with Gasteiger partial charge < -0.3 is 5.32 Å². The number of aryl methyl sites for hydroxylation is 1. The molecule has 17 heavy (non-hydrogen) atoms. The standard InChI is InChI=1S/C10H14N6S/c1-7-6-17-9(14-7)3-5-12-8-2-4-13-10(15-8)16-11/h2,4,6H,3,5,11H2,1H3,(H2,12,13,15,16).